The van der Waals surface area contributed by atoms with Crippen LogP contribution in [0.15, 0.2) is 47.6 Å². The highest BCUT2D eigenvalue weighted by molar-refractivity contribution is 5.98. The van der Waals surface area contributed by atoms with E-state index in [-0.39, 0.29) is 23.7 Å². The molecule has 0 aliphatic heterocycles. The molecule has 34 heavy (non-hydrogen) atoms. The molecule has 0 bridgehead atoms. The van der Waals surface area contributed by atoms with Crippen molar-refractivity contribution < 1.29 is 46.6 Å². The zero-order chi connectivity index (χ0) is 25.3. The largest absolute Gasteiger partial charge is 0.573 e. The van der Waals surface area contributed by atoms with E-state index < -0.39 is 25.2 Å². The Bertz CT molecular complexity index is 1040. The lowest BCUT2D eigenvalue weighted by Crippen LogP contribution is -2.37. The summed E-state index contributed by atoms with van der Waals surface area (Å²) in [6.07, 6.45) is -5.72. The minimum Gasteiger partial charge on any atom is -0.451 e. The molecule has 184 valence electrons. The number of nitrogens with zero attached hydrogens (tertiary/aromatic N) is 2. The summed E-state index contributed by atoms with van der Waals surface area (Å²) in [5.74, 6) is -0.761. The second-order valence-corrected chi connectivity index (χ2v) is 6.79. The Balaban J connectivity index is 2.14. The fourth-order valence-electron chi connectivity index (χ4n) is 2.51. The van der Waals surface area contributed by atoms with Gasteiger partial charge in [-0.05, 0) is 31.5 Å². The smallest absolute Gasteiger partial charge is 0.451 e. The van der Waals surface area contributed by atoms with Gasteiger partial charge < -0.3 is 23.9 Å². The van der Waals surface area contributed by atoms with Crippen LogP contribution in [0.2, 0.25) is 0 Å². The maximum Gasteiger partial charge on any atom is 0.573 e. The molecule has 2 rings (SSSR count). The van der Waals surface area contributed by atoms with Crippen molar-refractivity contribution in [3.05, 3.63) is 59.2 Å². The molecule has 0 aromatic heterocycles. The van der Waals surface area contributed by atoms with Gasteiger partial charge in [-0.25, -0.2) is 4.79 Å². The number of amides is 1. The van der Waals surface area contributed by atoms with Crippen molar-refractivity contribution in [2.75, 3.05) is 13.8 Å². The average Bonchev–Trinajstić information content (AvgIpc) is 2.77. The topological polar surface area (TPSA) is 95.9 Å². The van der Waals surface area contributed by atoms with Gasteiger partial charge >= 0.3 is 18.4 Å². The Hall–Kier alpha value is -3.96. The number of hydroxylamine groups is 2. The van der Waals surface area contributed by atoms with Gasteiger partial charge in [0.15, 0.2) is 5.75 Å². The predicted molar refractivity (Wildman–Crippen MR) is 113 cm³/mol. The summed E-state index contributed by atoms with van der Waals surface area (Å²) in [6, 6.07) is 10.5. The van der Waals surface area contributed by atoms with Crippen LogP contribution in [0.25, 0.3) is 0 Å². The maximum atomic E-state index is 12.6. The van der Waals surface area contributed by atoms with Crippen molar-refractivity contribution in [3.8, 4) is 11.5 Å². The molecule has 2 aromatic rings. The molecule has 0 N–H and O–H groups in total. The number of para-hydroxylation sites is 1. The lowest BCUT2D eigenvalue weighted by atomic mass is 10.1. The number of benzene rings is 2. The van der Waals surface area contributed by atoms with Crippen LogP contribution in [0, 0.1) is 6.92 Å². The van der Waals surface area contributed by atoms with Gasteiger partial charge in [0.2, 0.25) is 6.73 Å². The van der Waals surface area contributed by atoms with Gasteiger partial charge in [-0.15, -0.1) is 18.2 Å². The van der Waals surface area contributed by atoms with Crippen LogP contribution in [0.4, 0.5) is 18.0 Å². The summed E-state index contributed by atoms with van der Waals surface area (Å²) >= 11 is 0. The van der Waals surface area contributed by atoms with Crippen molar-refractivity contribution in [2.24, 2.45) is 5.16 Å². The van der Waals surface area contributed by atoms with E-state index in [1.54, 1.807) is 38.1 Å². The second kappa shape index (κ2) is 11.8. The minimum absolute atomic E-state index is 0.156. The number of halogens is 3. The molecule has 0 atom stereocenters. The summed E-state index contributed by atoms with van der Waals surface area (Å²) < 4.78 is 51.1. The third-order valence-electron chi connectivity index (χ3n) is 4.20. The van der Waals surface area contributed by atoms with Crippen LogP contribution < -0.4 is 9.57 Å². The van der Waals surface area contributed by atoms with E-state index in [0.29, 0.717) is 21.9 Å². The number of carbonyl (C=O) groups is 2. The molecule has 0 spiro atoms. The second-order valence-electron chi connectivity index (χ2n) is 6.79. The molecule has 0 saturated carbocycles. The van der Waals surface area contributed by atoms with Crippen molar-refractivity contribution in [1.82, 2.24) is 5.06 Å². The number of ether oxygens (including phenoxy) is 3. The first-order valence-corrected chi connectivity index (χ1v) is 9.78. The molecule has 0 saturated heterocycles. The highest BCUT2D eigenvalue weighted by atomic mass is 19.4. The lowest BCUT2D eigenvalue weighted by Gasteiger charge is -2.21. The summed E-state index contributed by atoms with van der Waals surface area (Å²) in [6.45, 7) is 3.75. The van der Waals surface area contributed by atoms with Crippen molar-refractivity contribution >= 4 is 17.8 Å². The first-order chi connectivity index (χ1) is 16.0. The van der Waals surface area contributed by atoms with Gasteiger partial charge in [-0.1, -0.05) is 35.5 Å². The predicted octanol–water partition coefficient (Wildman–Crippen LogP) is 4.72. The molecule has 0 heterocycles. The number of esters is 1. The first kappa shape index (κ1) is 26.3. The standard InChI is InChI=1S/C22H23F3N2O7/c1-14-9-10-17(11-20(14)34-27(21(29)30-4)13-31-16(3)28)15(2)26-32-12-18-7-5-6-8-19(18)33-22(23,24)25/h5-11H,12-13H2,1-4H3/b26-15+. The Morgan fingerprint density at radius 2 is 1.76 bits per heavy atom. The summed E-state index contributed by atoms with van der Waals surface area (Å²) in [4.78, 5) is 33.7. The molecule has 12 heteroatoms. The third-order valence-corrected chi connectivity index (χ3v) is 4.20. The van der Waals surface area contributed by atoms with Crippen LogP contribution in [0.5, 0.6) is 11.5 Å². The van der Waals surface area contributed by atoms with Gasteiger partial charge in [0.1, 0.15) is 12.4 Å². The van der Waals surface area contributed by atoms with E-state index in [0.717, 1.165) is 7.11 Å². The van der Waals surface area contributed by atoms with Crippen LogP contribution in [0.1, 0.15) is 30.5 Å². The van der Waals surface area contributed by atoms with Gasteiger partial charge in [0, 0.05) is 18.1 Å². The molecule has 0 fully saturated rings. The summed E-state index contributed by atoms with van der Waals surface area (Å²) in [7, 11) is 1.14. The van der Waals surface area contributed by atoms with E-state index in [9.17, 15) is 22.8 Å². The van der Waals surface area contributed by atoms with E-state index in [1.165, 1.54) is 25.1 Å². The normalized spacial score (nSPS) is 11.4. The van der Waals surface area contributed by atoms with Crippen LogP contribution >= 0.6 is 0 Å². The number of hydrogen-bond donors (Lipinski definition) is 0. The van der Waals surface area contributed by atoms with Crippen LogP contribution in [-0.2, 0) is 25.7 Å². The third kappa shape index (κ3) is 8.19. The number of rotatable bonds is 9. The summed E-state index contributed by atoms with van der Waals surface area (Å²) in [5.41, 5.74) is 1.72. The van der Waals surface area contributed by atoms with Crippen LogP contribution in [0.3, 0.4) is 0 Å². The van der Waals surface area contributed by atoms with E-state index in [1.807, 2.05) is 0 Å². The lowest BCUT2D eigenvalue weighted by molar-refractivity contribution is -0.275. The molecule has 0 aliphatic carbocycles. The van der Waals surface area contributed by atoms with Crippen molar-refractivity contribution in [3.63, 3.8) is 0 Å². The number of alkyl halides is 3. The molecule has 0 radical (unpaired) electrons. The quantitative estimate of drug-likeness (QED) is 0.220. The van der Waals surface area contributed by atoms with Crippen molar-refractivity contribution in [1.29, 1.82) is 0 Å². The minimum atomic E-state index is -4.83. The fourth-order valence-corrected chi connectivity index (χ4v) is 2.51. The van der Waals surface area contributed by atoms with Gasteiger partial charge in [0.25, 0.3) is 0 Å². The van der Waals surface area contributed by atoms with Gasteiger partial charge in [-0.3, -0.25) is 4.79 Å². The molecule has 9 nitrogen and oxygen atoms in total. The monoisotopic (exact) mass is 484 g/mol. The highest BCUT2D eigenvalue weighted by Gasteiger charge is 2.32. The molecular weight excluding hydrogens is 461 g/mol. The van der Waals surface area contributed by atoms with Gasteiger partial charge in [-0.2, -0.15) is 0 Å². The van der Waals surface area contributed by atoms with E-state index in [4.69, 9.17) is 14.4 Å². The first-order valence-electron chi connectivity index (χ1n) is 9.78. The van der Waals surface area contributed by atoms with E-state index in [2.05, 4.69) is 14.6 Å². The molecule has 1 amide bonds. The highest BCUT2D eigenvalue weighted by Crippen LogP contribution is 2.27. The Morgan fingerprint density at radius 3 is 2.41 bits per heavy atom. The van der Waals surface area contributed by atoms with Gasteiger partial charge in [0.05, 0.1) is 12.8 Å². The Labute approximate surface area is 193 Å². The Morgan fingerprint density at radius 1 is 1.06 bits per heavy atom. The average molecular weight is 484 g/mol. The molecule has 2 aromatic carbocycles. The van der Waals surface area contributed by atoms with Crippen LogP contribution in [-0.4, -0.2) is 43.0 Å². The molecular formula is C22H23F3N2O7. The Kier molecular flexibility index (Phi) is 9.10. The number of oxime groups is 1. The van der Waals surface area contributed by atoms with Crippen molar-refractivity contribution in [2.45, 2.75) is 33.7 Å². The number of aryl methyl sites for hydroxylation is 1. The zero-order valence-electron chi connectivity index (χ0n) is 18.8. The number of hydrogen-bond acceptors (Lipinski definition) is 8. The SMILES string of the molecule is COC(=O)N(COC(C)=O)Oc1cc(/C(C)=N/OCc2ccccc2OC(F)(F)F)ccc1C. The fraction of sp³-hybridized carbons (Fsp3) is 0.318. The van der Waals surface area contributed by atoms with E-state index >= 15 is 0 Å². The molecule has 0 unspecified atom stereocenters. The number of methoxy groups -OCH3 is 1. The maximum absolute atomic E-state index is 12.6. The number of carbonyl (C=O) groups excluding carboxylic acids is 2. The zero-order valence-corrected chi connectivity index (χ0v) is 18.8. The molecule has 0 aliphatic rings. The summed E-state index contributed by atoms with van der Waals surface area (Å²) in [5, 5.41) is 4.65.